The van der Waals surface area contributed by atoms with Crippen LogP contribution in [0, 0.1) is 0 Å². The lowest BCUT2D eigenvalue weighted by molar-refractivity contribution is 0.0774. The number of carbonyl (C=O) groups excluding carboxylic acids is 1. The van der Waals surface area contributed by atoms with E-state index in [-0.39, 0.29) is 19.0 Å². The molecule has 0 aromatic heterocycles. The molecule has 2 nitrogen and oxygen atoms in total. The predicted octanol–water partition coefficient (Wildman–Crippen LogP) is 4.09. The summed E-state index contributed by atoms with van der Waals surface area (Å²) in [6.45, 7) is 14.7. The van der Waals surface area contributed by atoms with Gasteiger partial charge in [-0.05, 0) is 36.5 Å². The summed E-state index contributed by atoms with van der Waals surface area (Å²) in [5, 5.41) is 1.48. The molecule has 1 amide bonds. The maximum absolute atomic E-state index is 12.7. The van der Waals surface area contributed by atoms with E-state index in [4.69, 9.17) is 0 Å². The second-order valence-electron chi connectivity index (χ2n) is 5.91. The van der Waals surface area contributed by atoms with Crippen molar-refractivity contribution in [3.63, 3.8) is 0 Å². The number of nitrogens with zero attached hydrogens (tertiary/aromatic N) is 1. The first-order valence-electron chi connectivity index (χ1n) is 7.52. The molecule has 1 atom stereocenters. The Morgan fingerprint density at radius 1 is 1.10 bits per heavy atom. The Morgan fingerprint density at radius 2 is 1.65 bits per heavy atom. The van der Waals surface area contributed by atoms with Crippen LogP contribution >= 0.6 is 7.92 Å². The van der Waals surface area contributed by atoms with Gasteiger partial charge in [0.25, 0.3) is 5.91 Å². The van der Waals surface area contributed by atoms with Crippen LogP contribution in [0.25, 0.3) is 0 Å². The number of rotatable bonds is 5. The summed E-state index contributed by atoms with van der Waals surface area (Å²) in [5.41, 5.74) is 0.902. The molecule has 1 aromatic rings. The van der Waals surface area contributed by atoms with Crippen molar-refractivity contribution in [2.24, 2.45) is 0 Å². The summed E-state index contributed by atoms with van der Waals surface area (Å²) < 4.78 is 0. The van der Waals surface area contributed by atoms with Gasteiger partial charge in [-0.25, -0.2) is 0 Å². The van der Waals surface area contributed by atoms with E-state index in [1.54, 1.807) is 0 Å². The Bertz CT molecular complexity index is 447. The summed E-state index contributed by atoms with van der Waals surface area (Å²) in [6.07, 6.45) is 1.11. The van der Waals surface area contributed by atoms with Crippen LogP contribution in [0.5, 0.6) is 0 Å². The SMILES string of the molecule is CCN(CC)C(=O)c1ccccc1P(CC)C(C)(C)C. The predicted molar refractivity (Wildman–Crippen MR) is 90.5 cm³/mol. The first-order valence-corrected chi connectivity index (χ1v) is 9.05. The van der Waals surface area contributed by atoms with Gasteiger partial charge in [0.1, 0.15) is 0 Å². The number of amides is 1. The molecule has 0 aliphatic rings. The molecule has 1 unspecified atom stereocenters. The van der Waals surface area contributed by atoms with E-state index in [0.717, 1.165) is 24.8 Å². The summed E-state index contributed by atoms with van der Waals surface area (Å²) in [4.78, 5) is 14.6. The van der Waals surface area contributed by atoms with E-state index in [2.05, 4.69) is 39.8 Å². The molecule has 0 N–H and O–H groups in total. The lowest BCUT2D eigenvalue weighted by Gasteiger charge is -2.33. The molecule has 0 saturated heterocycles. The van der Waals surface area contributed by atoms with Crippen LogP contribution in [0.1, 0.15) is 51.9 Å². The van der Waals surface area contributed by atoms with Gasteiger partial charge in [-0.3, -0.25) is 4.79 Å². The first-order chi connectivity index (χ1) is 9.36. The van der Waals surface area contributed by atoms with E-state index in [9.17, 15) is 4.79 Å². The zero-order valence-corrected chi connectivity index (χ0v) is 14.6. The molecular formula is C17H28NOP. The number of benzene rings is 1. The van der Waals surface area contributed by atoms with Gasteiger partial charge < -0.3 is 4.90 Å². The number of hydrogen-bond acceptors (Lipinski definition) is 1. The first kappa shape index (κ1) is 17.2. The Labute approximate surface area is 125 Å². The molecule has 1 aromatic carbocycles. The molecule has 0 aliphatic heterocycles. The molecule has 1 rings (SSSR count). The van der Waals surface area contributed by atoms with Crippen LogP contribution in [0.2, 0.25) is 0 Å². The maximum Gasteiger partial charge on any atom is 0.254 e. The molecule has 0 aliphatic carbocycles. The summed E-state index contributed by atoms with van der Waals surface area (Å²) in [6, 6.07) is 8.18. The standard InChI is InChI=1S/C17H28NOP/c1-7-18(8-2)16(19)14-12-10-11-13-15(14)20(9-3)17(4,5)6/h10-13H,7-9H2,1-6H3. The summed E-state index contributed by atoms with van der Waals surface area (Å²) in [7, 11) is -0.330. The van der Waals surface area contributed by atoms with Gasteiger partial charge in [0, 0.05) is 18.7 Å². The highest BCUT2D eigenvalue weighted by Crippen LogP contribution is 2.48. The smallest absolute Gasteiger partial charge is 0.254 e. The maximum atomic E-state index is 12.7. The van der Waals surface area contributed by atoms with Crippen molar-refractivity contribution < 1.29 is 4.79 Å². The van der Waals surface area contributed by atoms with Crippen molar-refractivity contribution >= 4 is 19.1 Å². The van der Waals surface area contributed by atoms with Gasteiger partial charge in [-0.1, -0.05) is 53.8 Å². The van der Waals surface area contributed by atoms with E-state index in [1.807, 2.05) is 30.9 Å². The van der Waals surface area contributed by atoms with E-state index < -0.39 is 0 Å². The zero-order valence-electron chi connectivity index (χ0n) is 13.7. The third-order valence-corrected chi connectivity index (χ3v) is 6.83. The quantitative estimate of drug-likeness (QED) is 0.749. The normalized spacial score (nSPS) is 13.1. The molecule has 0 saturated carbocycles. The van der Waals surface area contributed by atoms with Gasteiger partial charge in [-0.2, -0.15) is 0 Å². The average molecular weight is 293 g/mol. The highest BCUT2D eigenvalue weighted by molar-refractivity contribution is 7.67. The topological polar surface area (TPSA) is 20.3 Å². The molecular weight excluding hydrogens is 265 g/mol. The highest BCUT2D eigenvalue weighted by atomic mass is 31.1. The Morgan fingerprint density at radius 3 is 2.10 bits per heavy atom. The monoisotopic (exact) mass is 293 g/mol. The minimum absolute atomic E-state index is 0.177. The third-order valence-electron chi connectivity index (χ3n) is 3.60. The van der Waals surface area contributed by atoms with Crippen molar-refractivity contribution in [2.45, 2.75) is 46.7 Å². The van der Waals surface area contributed by atoms with Gasteiger partial charge in [0.2, 0.25) is 0 Å². The summed E-state index contributed by atoms with van der Waals surface area (Å²) >= 11 is 0. The molecule has 112 valence electrons. The van der Waals surface area contributed by atoms with E-state index >= 15 is 0 Å². The third kappa shape index (κ3) is 3.82. The van der Waals surface area contributed by atoms with Crippen molar-refractivity contribution in [1.82, 2.24) is 4.90 Å². The number of hydrogen-bond donors (Lipinski definition) is 0. The Balaban J connectivity index is 3.26. The van der Waals surface area contributed by atoms with Crippen molar-refractivity contribution in [1.29, 1.82) is 0 Å². The minimum Gasteiger partial charge on any atom is -0.339 e. The lowest BCUT2D eigenvalue weighted by Crippen LogP contribution is -2.34. The van der Waals surface area contributed by atoms with E-state index in [1.165, 1.54) is 5.30 Å². The second-order valence-corrected chi connectivity index (χ2v) is 9.22. The van der Waals surface area contributed by atoms with E-state index in [0.29, 0.717) is 0 Å². The minimum atomic E-state index is -0.330. The molecule has 0 heterocycles. The van der Waals surface area contributed by atoms with Gasteiger partial charge >= 0.3 is 0 Å². The second kappa shape index (κ2) is 7.22. The fourth-order valence-corrected chi connectivity index (χ4v) is 5.32. The zero-order chi connectivity index (χ0) is 15.3. The highest BCUT2D eigenvalue weighted by Gasteiger charge is 2.28. The summed E-state index contributed by atoms with van der Waals surface area (Å²) in [5.74, 6) is 0.177. The molecule has 0 spiro atoms. The largest absolute Gasteiger partial charge is 0.339 e. The van der Waals surface area contributed by atoms with Crippen molar-refractivity contribution in [3.8, 4) is 0 Å². The van der Waals surface area contributed by atoms with Crippen molar-refractivity contribution in [3.05, 3.63) is 29.8 Å². The molecule has 0 radical (unpaired) electrons. The van der Waals surface area contributed by atoms with Crippen molar-refractivity contribution in [2.75, 3.05) is 19.3 Å². The van der Waals surface area contributed by atoms with Gasteiger partial charge in [0.15, 0.2) is 0 Å². The van der Waals surface area contributed by atoms with Gasteiger partial charge in [0.05, 0.1) is 0 Å². The molecule has 0 fully saturated rings. The fraction of sp³-hybridized carbons (Fsp3) is 0.588. The van der Waals surface area contributed by atoms with Crippen LogP contribution in [-0.4, -0.2) is 35.2 Å². The van der Waals surface area contributed by atoms with Crippen LogP contribution in [0.4, 0.5) is 0 Å². The lowest BCUT2D eigenvalue weighted by atomic mass is 10.2. The molecule has 20 heavy (non-hydrogen) atoms. The van der Waals surface area contributed by atoms with Crippen LogP contribution < -0.4 is 5.30 Å². The fourth-order valence-electron chi connectivity index (χ4n) is 2.58. The average Bonchev–Trinajstić information content (AvgIpc) is 2.39. The van der Waals surface area contributed by atoms with Crippen LogP contribution in [-0.2, 0) is 0 Å². The Hall–Kier alpha value is -0.880. The van der Waals surface area contributed by atoms with Crippen LogP contribution in [0.3, 0.4) is 0 Å². The number of carbonyl (C=O) groups is 1. The Kier molecular flexibility index (Phi) is 6.20. The molecule has 0 bridgehead atoms. The van der Waals surface area contributed by atoms with Crippen LogP contribution in [0.15, 0.2) is 24.3 Å². The van der Waals surface area contributed by atoms with Gasteiger partial charge in [-0.15, -0.1) is 0 Å². The molecule has 3 heteroatoms.